The lowest BCUT2D eigenvalue weighted by Gasteiger charge is -2.14. The Morgan fingerprint density at radius 1 is 1.38 bits per heavy atom. The maximum absolute atomic E-state index is 11.9. The highest BCUT2D eigenvalue weighted by Gasteiger charge is 2.23. The van der Waals surface area contributed by atoms with E-state index in [-0.39, 0.29) is 28.5 Å². The minimum Gasteiger partial charge on any atom is -0.508 e. The highest BCUT2D eigenvalue weighted by molar-refractivity contribution is 7.90. The van der Waals surface area contributed by atoms with Crippen molar-refractivity contribution in [2.24, 2.45) is 0 Å². The first kappa shape index (κ1) is 17.3. The molecular formula is C12H14ClNO6S. The molecule has 1 rings (SSSR count). The van der Waals surface area contributed by atoms with Gasteiger partial charge in [0.15, 0.2) is 0 Å². The van der Waals surface area contributed by atoms with Crippen LogP contribution in [0.1, 0.15) is 16.8 Å². The van der Waals surface area contributed by atoms with Crippen LogP contribution in [0, 0.1) is 0 Å². The molecule has 1 unspecified atom stereocenters. The van der Waals surface area contributed by atoms with Crippen LogP contribution in [-0.2, 0) is 14.6 Å². The predicted octanol–water partition coefficient (Wildman–Crippen LogP) is 0.663. The summed E-state index contributed by atoms with van der Waals surface area (Å²) in [6.07, 6.45) is 0.705. The molecule has 0 radical (unpaired) electrons. The number of carboxylic acid groups (broad SMARTS) is 1. The standard InChI is InChI=1S/C12H14ClNO6S/c1-21(19,20)5-4-10(12(17)18)14-11(16)8-6-7(15)2-3-9(8)13/h2-3,6,10,15H,4-5H2,1H3,(H,14,16)(H,17,18). The summed E-state index contributed by atoms with van der Waals surface area (Å²) >= 11 is 5.79. The highest BCUT2D eigenvalue weighted by atomic mass is 35.5. The number of rotatable bonds is 6. The number of carboxylic acids is 1. The van der Waals surface area contributed by atoms with Gasteiger partial charge in [0.1, 0.15) is 21.6 Å². The number of hydrogen-bond acceptors (Lipinski definition) is 5. The number of aromatic hydroxyl groups is 1. The number of halogens is 1. The smallest absolute Gasteiger partial charge is 0.326 e. The summed E-state index contributed by atoms with van der Waals surface area (Å²) in [5, 5.41) is 20.5. The van der Waals surface area contributed by atoms with E-state index in [0.29, 0.717) is 0 Å². The van der Waals surface area contributed by atoms with Gasteiger partial charge < -0.3 is 15.5 Å². The third-order valence-corrected chi connectivity index (χ3v) is 3.88. The number of sulfone groups is 1. The van der Waals surface area contributed by atoms with Crippen LogP contribution in [0.5, 0.6) is 5.75 Å². The number of phenols is 1. The number of carbonyl (C=O) groups is 2. The Kier molecular flexibility index (Phi) is 5.56. The van der Waals surface area contributed by atoms with E-state index in [9.17, 15) is 23.1 Å². The van der Waals surface area contributed by atoms with Crippen molar-refractivity contribution in [2.45, 2.75) is 12.5 Å². The van der Waals surface area contributed by atoms with Gasteiger partial charge in [-0.05, 0) is 24.6 Å². The molecule has 21 heavy (non-hydrogen) atoms. The van der Waals surface area contributed by atoms with E-state index in [1.165, 1.54) is 12.1 Å². The number of aliphatic carboxylic acids is 1. The van der Waals surface area contributed by atoms with Crippen molar-refractivity contribution < 1.29 is 28.2 Å². The molecule has 7 nitrogen and oxygen atoms in total. The Labute approximate surface area is 126 Å². The number of phenolic OH excluding ortho intramolecular Hbond substituents is 1. The molecule has 0 saturated carbocycles. The first-order valence-corrected chi connectivity index (χ1v) is 8.24. The number of carbonyl (C=O) groups excluding carboxylic acids is 1. The maximum Gasteiger partial charge on any atom is 0.326 e. The molecule has 0 spiro atoms. The van der Waals surface area contributed by atoms with Gasteiger partial charge in [-0.25, -0.2) is 13.2 Å². The lowest BCUT2D eigenvalue weighted by atomic mass is 10.1. The van der Waals surface area contributed by atoms with Gasteiger partial charge in [-0.1, -0.05) is 11.6 Å². The maximum atomic E-state index is 11.9. The molecule has 0 aliphatic heterocycles. The van der Waals surface area contributed by atoms with Crippen LogP contribution in [0.3, 0.4) is 0 Å². The summed E-state index contributed by atoms with van der Waals surface area (Å²) < 4.78 is 22.1. The van der Waals surface area contributed by atoms with Crippen LogP contribution in [0.15, 0.2) is 18.2 Å². The fraction of sp³-hybridized carbons (Fsp3) is 0.333. The number of nitrogens with one attached hydrogen (secondary N) is 1. The second-order valence-corrected chi connectivity index (χ2v) is 7.11. The first-order chi connectivity index (χ1) is 9.60. The summed E-state index contributed by atoms with van der Waals surface area (Å²) in [7, 11) is -3.35. The molecule has 0 fully saturated rings. The average Bonchev–Trinajstić information content (AvgIpc) is 2.35. The second kappa shape index (κ2) is 6.77. The SMILES string of the molecule is CS(=O)(=O)CCC(NC(=O)c1cc(O)ccc1Cl)C(=O)O. The quantitative estimate of drug-likeness (QED) is 0.702. The van der Waals surface area contributed by atoms with Crippen molar-refractivity contribution in [3.8, 4) is 5.75 Å². The van der Waals surface area contributed by atoms with E-state index in [0.717, 1.165) is 12.3 Å². The van der Waals surface area contributed by atoms with Gasteiger partial charge in [-0.2, -0.15) is 0 Å². The van der Waals surface area contributed by atoms with E-state index in [4.69, 9.17) is 16.7 Å². The Hall–Kier alpha value is -1.80. The van der Waals surface area contributed by atoms with Gasteiger partial charge in [-0.15, -0.1) is 0 Å². The highest BCUT2D eigenvalue weighted by Crippen LogP contribution is 2.21. The van der Waals surface area contributed by atoms with Gasteiger partial charge in [0, 0.05) is 6.26 Å². The Morgan fingerprint density at radius 2 is 2.00 bits per heavy atom. The van der Waals surface area contributed by atoms with Crippen LogP contribution in [0.2, 0.25) is 5.02 Å². The molecule has 116 valence electrons. The van der Waals surface area contributed by atoms with Gasteiger partial charge in [0.25, 0.3) is 5.91 Å². The summed E-state index contributed by atoms with van der Waals surface area (Å²) in [6, 6.07) is 2.29. The second-order valence-electron chi connectivity index (χ2n) is 4.45. The van der Waals surface area contributed by atoms with E-state index in [2.05, 4.69) is 5.32 Å². The monoisotopic (exact) mass is 335 g/mol. The Morgan fingerprint density at radius 3 is 2.52 bits per heavy atom. The van der Waals surface area contributed by atoms with Crippen molar-refractivity contribution in [1.82, 2.24) is 5.32 Å². The van der Waals surface area contributed by atoms with Crippen molar-refractivity contribution in [3.05, 3.63) is 28.8 Å². The molecule has 0 aliphatic rings. The van der Waals surface area contributed by atoms with Crippen LogP contribution < -0.4 is 5.32 Å². The topological polar surface area (TPSA) is 121 Å². The van der Waals surface area contributed by atoms with Gasteiger partial charge in [0.05, 0.1) is 16.3 Å². The van der Waals surface area contributed by atoms with Gasteiger partial charge >= 0.3 is 5.97 Å². The fourth-order valence-electron chi connectivity index (χ4n) is 1.51. The molecule has 1 amide bonds. The summed E-state index contributed by atoms with van der Waals surface area (Å²) in [4.78, 5) is 23.0. The Balaban J connectivity index is 2.86. The van der Waals surface area contributed by atoms with E-state index < -0.39 is 27.8 Å². The van der Waals surface area contributed by atoms with E-state index in [1.54, 1.807) is 0 Å². The molecular weight excluding hydrogens is 322 g/mol. The van der Waals surface area contributed by atoms with Gasteiger partial charge in [-0.3, -0.25) is 4.79 Å². The van der Waals surface area contributed by atoms with Crippen LogP contribution in [0.4, 0.5) is 0 Å². The number of hydrogen-bond donors (Lipinski definition) is 3. The zero-order chi connectivity index (χ0) is 16.2. The molecule has 1 aromatic carbocycles. The molecule has 9 heteroatoms. The van der Waals surface area contributed by atoms with Crippen molar-refractivity contribution >= 4 is 33.3 Å². The van der Waals surface area contributed by atoms with E-state index in [1.807, 2.05) is 0 Å². The largest absolute Gasteiger partial charge is 0.508 e. The lowest BCUT2D eigenvalue weighted by Crippen LogP contribution is -2.42. The molecule has 0 aromatic heterocycles. The molecule has 1 aromatic rings. The number of benzene rings is 1. The zero-order valence-corrected chi connectivity index (χ0v) is 12.6. The average molecular weight is 336 g/mol. The first-order valence-electron chi connectivity index (χ1n) is 5.80. The summed E-state index contributed by atoms with van der Waals surface area (Å²) in [5.74, 6) is -2.74. The van der Waals surface area contributed by atoms with Crippen LogP contribution in [0.25, 0.3) is 0 Å². The Bertz CT molecular complexity index is 658. The summed E-state index contributed by atoms with van der Waals surface area (Å²) in [6.45, 7) is 0. The van der Waals surface area contributed by atoms with E-state index >= 15 is 0 Å². The molecule has 1 atom stereocenters. The van der Waals surface area contributed by atoms with Crippen molar-refractivity contribution in [1.29, 1.82) is 0 Å². The third-order valence-electron chi connectivity index (χ3n) is 2.58. The zero-order valence-electron chi connectivity index (χ0n) is 11.0. The number of amides is 1. The predicted molar refractivity (Wildman–Crippen MR) is 76.3 cm³/mol. The van der Waals surface area contributed by atoms with Gasteiger partial charge in [0.2, 0.25) is 0 Å². The molecule has 0 saturated heterocycles. The lowest BCUT2D eigenvalue weighted by molar-refractivity contribution is -0.139. The minimum absolute atomic E-state index is 0.0394. The third kappa shape index (κ3) is 5.60. The van der Waals surface area contributed by atoms with Crippen LogP contribution >= 0.6 is 11.6 Å². The molecule has 0 heterocycles. The van der Waals surface area contributed by atoms with Crippen molar-refractivity contribution in [3.63, 3.8) is 0 Å². The minimum atomic E-state index is -3.35. The van der Waals surface area contributed by atoms with Crippen LogP contribution in [-0.4, -0.2) is 48.6 Å². The molecule has 3 N–H and O–H groups in total. The fourth-order valence-corrected chi connectivity index (χ4v) is 2.38. The normalized spacial score (nSPS) is 12.7. The molecule has 0 bridgehead atoms. The van der Waals surface area contributed by atoms with Crippen molar-refractivity contribution in [2.75, 3.05) is 12.0 Å². The summed E-state index contributed by atoms with van der Waals surface area (Å²) in [5.41, 5.74) is -0.0951. The molecule has 0 aliphatic carbocycles.